The van der Waals surface area contributed by atoms with Crippen molar-refractivity contribution in [2.75, 3.05) is 4.72 Å². The Morgan fingerprint density at radius 3 is 2.20 bits per heavy atom. The fourth-order valence-electron chi connectivity index (χ4n) is 1.50. The summed E-state index contributed by atoms with van der Waals surface area (Å²) in [5.41, 5.74) is 1.84. The smallest absolute Gasteiger partial charge is 0.262 e. The van der Waals surface area contributed by atoms with Gasteiger partial charge in [-0.05, 0) is 37.1 Å². The fourth-order valence-corrected chi connectivity index (χ4v) is 3.18. The number of hydrogen-bond donors (Lipinski definition) is 1. The molecule has 0 spiro atoms. The van der Waals surface area contributed by atoms with Crippen molar-refractivity contribution in [2.24, 2.45) is 0 Å². The van der Waals surface area contributed by atoms with Crippen LogP contribution >= 0.6 is 23.2 Å². The molecule has 0 saturated heterocycles. The zero-order valence-electron chi connectivity index (χ0n) is 10.7. The molecule has 106 valence electrons. The van der Waals surface area contributed by atoms with Gasteiger partial charge in [0, 0.05) is 0 Å². The summed E-state index contributed by atoms with van der Waals surface area (Å²) in [4.78, 5) is 7.51. The number of rotatable bonds is 3. The molecule has 1 heterocycles. The summed E-state index contributed by atoms with van der Waals surface area (Å²) in [5.74, 6) is 0. The molecular weight excluding hydrogens is 321 g/mol. The summed E-state index contributed by atoms with van der Waals surface area (Å²) in [6.07, 6.45) is 1.15. The fraction of sp³-hybridized carbons (Fsp3) is 0.167. The Kier molecular flexibility index (Phi) is 4.17. The van der Waals surface area contributed by atoms with E-state index in [4.69, 9.17) is 23.2 Å². The molecule has 2 rings (SSSR count). The van der Waals surface area contributed by atoms with Crippen molar-refractivity contribution in [1.29, 1.82) is 0 Å². The van der Waals surface area contributed by atoms with Crippen molar-refractivity contribution in [3.05, 3.63) is 46.0 Å². The Morgan fingerprint density at radius 1 is 1.05 bits per heavy atom. The third kappa shape index (κ3) is 3.03. The SMILES string of the molecule is Cc1ccc(S(=O)(=O)Nc2c(Cl)ncnc2Cl)cc1C. The first-order valence-electron chi connectivity index (χ1n) is 5.57. The first kappa shape index (κ1) is 15.0. The van der Waals surface area contributed by atoms with Gasteiger partial charge in [0.05, 0.1) is 4.90 Å². The minimum Gasteiger partial charge on any atom is -0.274 e. The molecule has 2 aromatic rings. The van der Waals surface area contributed by atoms with E-state index in [2.05, 4.69) is 14.7 Å². The molecule has 0 radical (unpaired) electrons. The number of aromatic nitrogens is 2. The van der Waals surface area contributed by atoms with E-state index in [1.165, 1.54) is 6.07 Å². The molecular formula is C12H11Cl2N3O2S. The van der Waals surface area contributed by atoms with Gasteiger partial charge in [-0.3, -0.25) is 4.72 Å². The number of aryl methyl sites for hydroxylation is 2. The normalized spacial score (nSPS) is 11.4. The quantitative estimate of drug-likeness (QED) is 0.876. The van der Waals surface area contributed by atoms with E-state index in [0.29, 0.717) is 0 Å². The van der Waals surface area contributed by atoms with E-state index >= 15 is 0 Å². The van der Waals surface area contributed by atoms with Crippen LogP contribution < -0.4 is 4.72 Å². The van der Waals surface area contributed by atoms with Crippen LogP contribution in [0.3, 0.4) is 0 Å². The molecule has 1 aromatic heterocycles. The van der Waals surface area contributed by atoms with Gasteiger partial charge < -0.3 is 0 Å². The average molecular weight is 332 g/mol. The van der Waals surface area contributed by atoms with E-state index in [1.807, 2.05) is 13.8 Å². The molecule has 0 aliphatic rings. The Hall–Kier alpha value is -1.37. The van der Waals surface area contributed by atoms with E-state index < -0.39 is 10.0 Å². The zero-order valence-corrected chi connectivity index (χ0v) is 13.0. The summed E-state index contributed by atoms with van der Waals surface area (Å²) in [7, 11) is -3.80. The number of sulfonamides is 1. The Bertz CT molecular complexity index is 743. The molecule has 20 heavy (non-hydrogen) atoms. The molecule has 0 unspecified atom stereocenters. The van der Waals surface area contributed by atoms with E-state index in [0.717, 1.165) is 17.5 Å². The standard InChI is InChI=1S/C12H11Cl2N3O2S/c1-7-3-4-9(5-8(7)2)20(18,19)17-10-11(13)15-6-16-12(10)14/h3-6,17H,1-2H3. The maximum Gasteiger partial charge on any atom is 0.262 e. The number of nitrogens with zero attached hydrogens (tertiary/aromatic N) is 2. The third-order valence-electron chi connectivity index (χ3n) is 2.78. The summed E-state index contributed by atoms with van der Waals surface area (Å²) < 4.78 is 26.9. The largest absolute Gasteiger partial charge is 0.274 e. The highest BCUT2D eigenvalue weighted by molar-refractivity contribution is 7.92. The molecule has 5 nitrogen and oxygen atoms in total. The minimum absolute atomic E-state index is 0.0333. The maximum atomic E-state index is 12.3. The van der Waals surface area contributed by atoms with Crippen LogP contribution in [0, 0.1) is 13.8 Å². The van der Waals surface area contributed by atoms with Crippen molar-refractivity contribution in [3.8, 4) is 0 Å². The van der Waals surface area contributed by atoms with Crippen LogP contribution in [-0.2, 0) is 10.0 Å². The van der Waals surface area contributed by atoms with Crippen molar-refractivity contribution in [1.82, 2.24) is 9.97 Å². The molecule has 0 aliphatic heterocycles. The number of halogens is 2. The predicted octanol–water partition coefficient (Wildman–Crippen LogP) is 3.20. The van der Waals surface area contributed by atoms with E-state index in [-0.39, 0.29) is 20.9 Å². The third-order valence-corrected chi connectivity index (χ3v) is 4.70. The molecule has 0 saturated carbocycles. The van der Waals surface area contributed by atoms with E-state index in [1.54, 1.807) is 12.1 Å². The highest BCUT2D eigenvalue weighted by Gasteiger charge is 2.19. The molecule has 0 amide bonds. The van der Waals surface area contributed by atoms with Crippen LogP contribution in [0.5, 0.6) is 0 Å². The summed E-state index contributed by atoms with van der Waals surface area (Å²) in [6, 6.07) is 4.81. The Morgan fingerprint density at radius 2 is 1.65 bits per heavy atom. The van der Waals surface area contributed by atoms with Gasteiger partial charge in [-0.2, -0.15) is 0 Å². The summed E-state index contributed by atoms with van der Waals surface area (Å²) >= 11 is 11.6. The van der Waals surface area contributed by atoms with Gasteiger partial charge in [-0.25, -0.2) is 18.4 Å². The summed E-state index contributed by atoms with van der Waals surface area (Å²) in [5, 5.41) is -0.116. The van der Waals surface area contributed by atoms with Crippen molar-refractivity contribution in [3.63, 3.8) is 0 Å². The molecule has 1 aromatic carbocycles. The first-order chi connectivity index (χ1) is 9.31. The Balaban J connectivity index is 2.43. The molecule has 1 N–H and O–H groups in total. The van der Waals surface area contributed by atoms with Crippen molar-refractivity contribution < 1.29 is 8.42 Å². The van der Waals surface area contributed by atoms with Crippen molar-refractivity contribution >= 4 is 38.9 Å². The van der Waals surface area contributed by atoms with Crippen LogP contribution in [0.2, 0.25) is 10.3 Å². The monoisotopic (exact) mass is 331 g/mol. The highest BCUT2D eigenvalue weighted by Crippen LogP contribution is 2.28. The van der Waals surface area contributed by atoms with Gasteiger partial charge in [0.1, 0.15) is 12.0 Å². The van der Waals surface area contributed by atoms with Crippen LogP contribution in [0.1, 0.15) is 11.1 Å². The molecule has 0 atom stereocenters. The van der Waals surface area contributed by atoms with Crippen LogP contribution in [0.15, 0.2) is 29.4 Å². The second-order valence-corrected chi connectivity index (χ2v) is 6.58. The molecule has 8 heteroatoms. The van der Waals surface area contributed by atoms with Crippen LogP contribution in [0.25, 0.3) is 0 Å². The number of anilines is 1. The highest BCUT2D eigenvalue weighted by atomic mass is 35.5. The van der Waals surface area contributed by atoms with Gasteiger partial charge in [0.2, 0.25) is 0 Å². The number of nitrogens with one attached hydrogen (secondary N) is 1. The summed E-state index contributed by atoms with van der Waals surface area (Å²) in [6.45, 7) is 3.73. The Labute approximate surface area is 127 Å². The number of hydrogen-bond acceptors (Lipinski definition) is 4. The van der Waals surface area contributed by atoms with Gasteiger partial charge in [-0.15, -0.1) is 0 Å². The average Bonchev–Trinajstić information content (AvgIpc) is 2.37. The van der Waals surface area contributed by atoms with Crippen LogP contribution in [-0.4, -0.2) is 18.4 Å². The second-order valence-electron chi connectivity index (χ2n) is 4.18. The molecule has 0 fully saturated rings. The van der Waals surface area contributed by atoms with Gasteiger partial charge in [-0.1, -0.05) is 29.3 Å². The lowest BCUT2D eigenvalue weighted by Crippen LogP contribution is -2.14. The lowest BCUT2D eigenvalue weighted by Gasteiger charge is -2.11. The maximum absolute atomic E-state index is 12.3. The van der Waals surface area contributed by atoms with Gasteiger partial charge in [0.15, 0.2) is 10.3 Å². The minimum atomic E-state index is -3.80. The second kappa shape index (κ2) is 5.55. The lowest BCUT2D eigenvalue weighted by molar-refractivity contribution is 0.601. The lowest BCUT2D eigenvalue weighted by atomic mass is 10.1. The predicted molar refractivity (Wildman–Crippen MR) is 78.8 cm³/mol. The topological polar surface area (TPSA) is 72.0 Å². The van der Waals surface area contributed by atoms with Crippen molar-refractivity contribution in [2.45, 2.75) is 18.7 Å². The van der Waals surface area contributed by atoms with Gasteiger partial charge in [0.25, 0.3) is 10.0 Å². The first-order valence-corrected chi connectivity index (χ1v) is 7.81. The molecule has 0 bridgehead atoms. The zero-order chi connectivity index (χ0) is 14.9. The molecule has 0 aliphatic carbocycles. The van der Waals surface area contributed by atoms with Crippen LogP contribution in [0.4, 0.5) is 5.69 Å². The van der Waals surface area contributed by atoms with E-state index in [9.17, 15) is 8.42 Å². The van der Waals surface area contributed by atoms with Gasteiger partial charge >= 0.3 is 0 Å². The number of benzene rings is 1.